The highest BCUT2D eigenvalue weighted by Gasteiger charge is 2.20. The lowest BCUT2D eigenvalue weighted by atomic mass is 10.1. The molecule has 1 aliphatic rings. The van der Waals surface area contributed by atoms with Gasteiger partial charge in [0.15, 0.2) is 0 Å². The second-order valence-corrected chi connectivity index (χ2v) is 5.31. The van der Waals surface area contributed by atoms with Gasteiger partial charge in [0.2, 0.25) is 0 Å². The summed E-state index contributed by atoms with van der Waals surface area (Å²) in [6, 6.07) is 1.65. The van der Waals surface area contributed by atoms with Gasteiger partial charge < -0.3 is 5.32 Å². The Balaban J connectivity index is 1.92. The molecule has 4 heteroatoms. The van der Waals surface area contributed by atoms with E-state index in [0.29, 0.717) is 12.5 Å². The van der Waals surface area contributed by atoms with Crippen molar-refractivity contribution in [3.05, 3.63) is 22.6 Å². The molecule has 4 nitrogen and oxygen atoms in total. The third kappa shape index (κ3) is 3.88. The normalized spacial score (nSPS) is 15.2. The molecular formula is C13H21N3O. The topological polar surface area (TPSA) is 46.9 Å². The fraction of sp³-hybridized carbons (Fsp3) is 0.692. The number of aryl methyl sites for hydroxylation is 1. The highest BCUT2D eigenvalue weighted by Crippen LogP contribution is 2.28. The first kappa shape index (κ1) is 12.1. The van der Waals surface area contributed by atoms with Crippen LogP contribution in [0, 0.1) is 11.8 Å². The molecule has 0 amide bonds. The quantitative estimate of drug-likeness (QED) is 0.821. The summed E-state index contributed by atoms with van der Waals surface area (Å²) < 4.78 is 1.54. The van der Waals surface area contributed by atoms with Crippen molar-refractivity contribution in [3.63, 3.8) is 0 Å². The Morgan fingerprint density at radius 1 is 1.53 bits per heavy atom. The predicted octanol–water partition coefficient (Wildman–Crippen LogP) is 2.11. The van der Waals surface area contributed by atoms with Crippen LogP contribution in [0.15, 0.2) is 17.1 Å². The minimum Gasteiger partial charge on any atom is -0.383 e. The Labute approximate surface area is 102 Å². The van der Waals surface area contributed by atoms with Crippen molar-refractivity contribution in [2.24, 2.45) is 11.8 Å². The number of hydrogen-bond donors (Lipinski definition) is 1. The summed E-state index contributed by atoms with van der Waals surface area (Å²) in [6.07, 6.45) is 5.36. The molecule has 17 heavy (non-hydrogen) atoms. The molecule has 0 unspecified atom stereocenters. The summed E-state index contributed by atoms with van der Waals surface area (Å²) in [6.45, 7) is 5.98. The van der Waals surface area contributed by atoms with Gasteiger partial charge >= 0.3 is 0 Å². The van der Waals surface area contributed by atoms with Crippen molar-refractivity contribution in [3.8, 4) is 0 Å². The molecule has 1 saturated carbocycles. The Hall–Kier alpha value is -1.32. The SMILES string of the molecule is CC(C)CCn1ncc(NCC2CC2)cc1=O. The van der Waals surface area contributed by atoms with E-state index < -0.39 is 0 Å². The zero-order valence-corrected chi connectivity index (χ0v) is 10.6. The summed E-state index contributed by atoms with van der Waals surface area (Å²) >= 11 is 0. The fourth-order valence-electron chi connectivity index (χ4n) is 1.66. The van der Waals surface area contributed by atoms with E-state index in [-0.39, 0.29) is 5.56 Å². The monoisotopic (exact) mass is 235 g/mol. The van der Waals surface area contributed by atoms with Crippen molar-refractivity contribution < 1.29 is 0 Å². The lowest BCUT2D eigenvalue weighted by molar-refractivity contribution is 0.472. The van der Waals surface area contributed by atoms with Crippen LogP contribution < -0.4 is 10.9 Å². The molecule has 1 N–H and O–H groups in total. The fourth-order valence-corrected chi connectivity index (χ4v) is 1.66. The molecular weight excluding hydrogens is 214 g/mol. The van der Waals surface area contributed by atoms with Crippen LogP contribution in [-0.2, 0) is 6.54 Å². The van der Waals surface area contributed by atoms with Gasteiger partial charge in [-0.05, 0) is 31.1 Å². The van der Waals surface area contributed by atoms with Crippen LogP contribution in [0.5, 0.6) is 0 Å². The largest absolute Gasteiger partial charge is 0.383 e. The summed E-state index contributed by atoms with van der Waals surface area (Å²) in [5, 5.41) is 7.45. The maximum absolute atomic E-state index is 11.8. The standard InChI is InChI=1S/C13H21N3O/c1-10(2)5-6-16-13(17)7-12(9-15-16)14-8-11-3-4-11/h7,9-11,14H,3-6,8H2,1-2H3. The molecule has 1 aliphatic carbocycles. The van der Waals surface area contributed by atoms with Gasteiger partial charge in [-0.25, -0.2) is 4.68 Å². The number of hydrogen-bond acceptors (Lipinski definition) is 3. The van der Waals surface area contributed by atoms with Crippen molar-refractivity contribution in [2.45, 2.75) is 39.7 Å². The van der Waals surface area contributed by atoms with Crippen LogP contribution >= 0.6 is 0 Å². The van der Waals surface area contributed by atoms with E-state index in [0.717, 1.165) is 24.6 Å². The summed E-state index contributed by atoms with van der Waals surface area (Å²) in [5.74, 6) is 1.40. The zero-order chi connectivity index (χ0) is 12.3. The second kappa shape index (κ2) is 5.34. The third-order valence-electron chi connectivity index (χ3n) is 3.08. The van der Waals surface area contributed by atoms with Gasteiger partial charge in [0.1, 0.15) is 0 Å². The van der Waals surface area contributed by atoms with Gasteiger partial charge in [0.05, 0.1) is 11.9 Å². The highest BCUT2D eigenvalue weighted by atomic mass is 16.1. The Bertz CT molecular complexity index is 421. The van der Waals surface area contributed by atoms with Crippen molar-refractivity contribution in [1.82, 2.24) is 9.78 Å². The molecule has 2 rings (SSSR count). The molecule has 0 aliphatic heterocycles. The highest BCUT2D eigenvalue weighted by molar-refractivity contribution is 5.38. The van der Waals surface area contributed by atoms with Crippen molar-refractivity contribution >= 4 is 5.69 Å². The Morgan fingerprint density at radius 3 is 2.88 bits per heavy atom. The van der Waals surface area contributed by atoms with Crippen LogP contribution in [0.3, 0.4) is 0 Å². The molecule has 0 radical (unpaired) electrons. The molecule has 0 bridgehead atoms. The summed E-state index contributed by atoms with van der Waals surface area (Å²) in [5.41, 5.74) is 0.842. The number of nitrogens with zero attached hydrogens (tertiary/aromatic N) is 2. The first-order valence-electron chi connectivity index (χ1n) is 6.46. The van der Waals surface area contributed by atoms with Crippen LogP contribution in [0.1, 0.15) is 33.1 Å². The Morgan fingerprint density at radius 2 is 2.29 bits per heavy atom. The maximum atomic E-state index is 11.8. The van der Waals surface area contributed by atoms with Crippen LogP contribution in [-0.4, -0.2) is 16.3 Å². The van der Waals surface area contributed by atoms with Crippen LogP contribution in [0.4, 0.5) is 5.69 Å². The molecule has 0 saturated heterocycles. The molecule has 1 fully saturated rings. The van der Waals surface area contributed by atoms with Gasteiger partial charge in [-0.3, -0.25) is 4.79 Å². The summed E-state index contributed by atoms with van der Waals surface area (Å²) in [4.78, 5) is 11.8. The van der Waals surface area contributed by atoms with Gasteiger partial charge in [-0.15, -0.1) is 0 Å². The van der Waals surface area contributed by atoms with E-state index in [1.165, 1.54) is 12.8 Å². The number of nitrogens with one attached hydrogen (secondary N) is 1. The minimum absolute atomic E-state index is 0.00792. The number of anilines is 1. The maximum Gasteiger partial charge on any atom is 0.268 e. The molecule has 1 aromatic rings. The van der Waals surface area contributed by atoms with Crippen LogP contribution in [0.2, 0.25) is 0 Å². The van der Waals surface area contributed by atoms with E-state index in [4.69, 9.17) is 0 Å². The minimum atomic E-state index is -0.00792. The average molecular weight is 235 g/mol. The van der Waals surface area contributed by atoms with Gasteiger partial charge in [-0.2, -0.15) is 5.10 Å². The number of aromatic nitrogens is 2. The smallest absolute Gasteiger partial charge is 0.268 e. The molecule has 1 aromatic heterocycles. The van der Waals surface area contributed by atoms with Gasteiger partial charge in [-0.1, -0.05) is 13.8 Å². The average Bonchev–Trinajstić information content (AvgIpc) is 3.08. The first-order valence-corrected chi connectivity index (χ1v) is 6.46. The van der Waals surface area contributed by atoms with Gasteiger partial charge in [0, 0.05) is 19.2 Å². The number of rotatable bonds is 6. The third-order valence-corrected chi connectivity index (χ3v) is 3.08. The van der Waals surface area contributed by atoms with E-state index in [9.17, 15) is 4.79 Å². The van der Waals surface area contributed by atoms with E-state index in [2.05, 4.69) is 24.3 Å². The Kier molecular flexibility index (Phi) is 3.82. The van der Waals surface area contributed by atoms with Crippen LogP contribution in [0.25, 0.3) is 0 Å². The first-order chi connectivity index (χ1) is 8.15. The van der Waals surface area contributed by atoms with E-state index >= 15 is 0 Å². The van der Waals surface area contributed by atoms with E-state index in [1.807, 2.05) is 0 Å². The predicted molar refractivity (Wildman–Crippen MR) is 69.2 cm³/mol. The lowest BCUT2D eigenvalue weighted by Crippen LogP contribution is -2.23. The van der Waals surface area contributed by atoms with Crippen molar-refractivity contribution in [1.29, 1.82) is 0 Å². The molecule has 0 atom stereocenters. The lowest BCUT2D eigenvalue weighted by Gasteiger charge is -2.08. The second-order valence-electron chi connectivity index (χ2n) is 5.31. The molecule has 0 aromatic carbocycles. The van der Waals surface area contributed by atoms with Crippen molar-refractivity contribution in [2.75, 3.05) is 11.9 Å². The molecule has 94 valence electrons. The molecule has 0 spiro atoms. The van der Waals surface area contributed by atoms with Gasteiger partial charge in [0.25, 0.3) is 5.56 Å². The molecule has 1 heterocycles. The van der Waals surface area contributed by atoms with E-state index in [1.54, 1.807) is 16.9 Å². The summed E-state index contributed by atoms with van der Waals surface area (Å²) in [7, 11) is 0. The zero-order valence-electron chi connectivity index (χ0n) is 10.6.